The summed E-state index contributed by atoms with van der Waals surface area (Å²) in [6.07, 6.45) is 3.27. The van der Waals surface area contributed by atoms with Gasteiger partial charge in [0.1, 0.15) is 11.9 Å². The molecule has 2 amide bonds. The second-order valence-electron chi connectivity index (χ2n) is 10.3. The monoisotopic (exact) mass is 539 g/mol. The Kier molecular flexibility index (Phi) is 9.86. The van der Waals surface area contributed by atoms with Crippen molar-refractivity contribution in [3.63, 3.8) is 0 Å². The van der Waals surface area contributed by atoms with E-state index in [1.54, 1.807) is 24.5 Å². The fraction of sp³-hybridized carbons (Fsp3) is 0.429. The molecule has 3 rings (SSSR count). The summed E-state index contributed by atoms with van der Waals surface area (Å²) in [6, 6.07) is 6.98. The number of pyridine rings is 1. The molecule has 10 nitrogen and oxygen atoms in total. The number of carbonyl (C=O) groups excluding carboxylic acids is 2. The molecule has 11 heteroatoms. The first-order valence-corrected chi connectivity index (χ1v) is 12.8. The minimum Gasteiger partial charge on any atom is -0.465 e. The van der Waals surface area contributed by atoms with Gasteiger partial charge in [-0.15, -0.1) is 10.2 Å². The Balaban J connectivity index is 1.88. The Morgan fingerprint density at radius 2 is 1.74 bits per heavy atom. The highest BCUT2D eigenvalue weighted by Crippen LogP contribution is 2.31. The number of benzene rings is 1. The lowest BCUT2D eigenvalue weighted by Gasteiger charge is -2.41. The summed E-state index contributed by atoms with van der Waals surface area (Å²) >= 11 is 0. The molecule has 3 aromatic rings. The van der Waals surface area contributed by atoms with E-state index in [1.807, 2.05) is 27.7 Å². The van der Waals surface area contributed by atoms with Crippen molar-refractivity contribution in [2.75, 3.05) is 0 Å². The largest absolute Gasteiger partial charge is 0.465 e. The first-order valence-electron chi connectivity index (χ1n) is 12.8. The number of rotatable bonds is 12. The number of hydrogen-bond acceptors (Lipinski definition) is 7. The highest BCUT2D eigenvalue weighted by molar-refractivity contribution is 6.38. The number of amides is 2. The third-order valence-electron chi connectivity index (χ3n) is 6.38. The Labute approximate surface area is 226 Å². The summed E-state index contributed by atoms with van der Waals surface area (Å²) in [6.45, 7) is 7.56. The van der Waals surface area contributed by atoms with E-state index in [0.717, 1.165) is 10.5 Å². The van der Waals surface area contributed by atoms with Gasteiger partial charge in [0.15, 0.2) is 0 Å². The maximum absolute atomic E-state index is 13.4. The lowest BCUT2D eigenvalue weighted by molar-refractivity contribution is -0.141. The van der Waals surface area contributed by atoms with Crippen molar-refractivity contribution in [2.45, 2.75) is 72.0 Å². The van der Waals surface area contributed by atoms with Gasteiger partial charge in [-0.2, -0.15) is 0 Å². The lowest BCUT2D eigenvalue weighted by Crippen LogP contribution is -2.57. The number of Topliss-reactive ketones (excluding diaryl/α,β-unsaturated/α-hetero) is 1. The number of nitrogens with zero attached hydrogens (tertiary/aromatic N) is 4. The van der Waals surface area contributed by atoms with Crippen molar-refractivity contribution in [1.82, 2.24) is 25.4 Å². The van der Waals surface area contributed by atoms with E-state index in [2.05, 4.69) is 20.5 Å². The predicted molar refractivity (Wildman–Crippen MR) is 141 cm³/mol. The van der Waals surface area contributed by atoms with Gasteiger partial charge in [-0.25, -0.2) is 9.18 Å². The standard InChI is InChI=1S/C28H34FN5O5/c1-5-6-7-21(24(35)25(36)31-17-18-12-14-30-15-13-18)34(27(37)38)22(28(2,3)4)16-23-32-33-26(39-23)19-8-10-20(29)11-9-19/h8-15,21-22H,5-7,16-17H2,1-4H3,(H,31,36)(H,37,38)/t21-,22+/m0/s1. The van der Waals surface area contributed by atoms with E-state index in [9.17, 15) is 23.9 Å². The summed E-state index contributed by atoms with van der Waals surface area (Å²) < 4.78 is 19.1. The van der Waals surface area contributed by atoms with E-state index >= 15 is 0 Å². The fourth-order valence-electron chi connectivity index (χ4n) is 4.23. The van der Waals surface area contributed by atoms with Crippen LogP contribution < -0.4 is 5.32 Å². The molecule has 0 aliphatic heterocycles. The van der Waals surface area contributed by atoms with Gasteiger partial charge in [0.05, 0.1) is 0 Å². The molecule has 208 valence electrons. The van der Waals surface area contributed by atoms with Gasteiger partial charge in [-0.05, 0) is 53.8 Å². The van der Waals surface area contributed by atoms with Crippen molar-refractivity contribution in [1.29, 1.82) is 0 Å². The van der Waals surface area contributed by atoms with Gasteiger partial charge in [-0.3, -0.25) is 19.5 Å². The van der Waals surface area contributed by atoms with Crippen LogP contribution in [0.25, 0.3) is 11.5 Å². The highest BCUT2D eigenvalue weighted by Gasteiger charge is 2.43. The van der Waals surface area contributed by atoms with Crippen LogP contribution in [0.3, 0.4) is 0 Å². The first-order chi connectivity index (χ1) is 18.5. The van der Waals surface area contributed by atoms with Gasteiger partial charge in [-0.1, -0.05) is 40.5 Å². The third kappa shape index (κ3) is 7.92. The molecule has 0 aliphatic rings. The number of halogens is 1. The summed E-state index contributed by atoms with van der Waals surface area (Å²) in [5.74, 6) is -1.77. The smallest absolute Gasteiger partial charge is 0.408 e. The molecule has 0 bridgehead atoms. The molecular formula is C28H34FN5O5. The summed E-state index contributed by atoms with van der Waals surface area (Å²) in [5.41, 5.74) is 0.605. The number of carboxylic acid groups (broad SMARTS) is 1. The Bertz CT molecular complexity index is 1260. The average molecular weight is 540 g/mol. The topological polar surface area (TPSA) is 139 Å². The molecule has 0 saturated heterocycles. The summed E-state index contributed by atoms with van der Waals surface area (Å²) in [5, 5.41) is 21.0. The van der Waals surface area contributed by atoms with Crippen molar-refractivity contribution in [3.8, 4) is 11.5 Å². The van der Waals surface area contributed by atoms with Crippen LogP contribution in [-0.4, -0.2) is 55.1 Å². The minimum absolute atomic E-state index is 0.0124. The molecule has 0 fully saturated rings. The Morgan fingerprint density at radius 1 is 1.08 bits per heavy atom. The van der Waals surface area contributed by atoms with Crippen LogP contribution in [-0.2, 0) is 22.6 Å². The maximum Gasteiger partial charge on any atom is 0.408 e. The number of ketones is 1. The fourth-order valence-corrected chi connectivity index (χ4v) is 4.23. The van der Waals surface area contributed by atoms with Crippen LogP contribution in [0.15, 0.2) is 53.2 Å². The van der Waals surface area contributed by atoms with E-state index < -0.39 is 41.1 Å². The SMILES string of the molecule is CCCC[C@@H](C(=O)C(=O)NCc1ccncc1)N(C(=O)O)[C@H](Cc1nnc(-c2ccc(F)cc2)o1)C(C)(C)C. The van der Waals surface area contributed by atoms with Gasteiger partial charge in [0.2, 0.25) is 17.6 Å². The number of hydrogen-bond donors (Lipinski definition) is 2. The van der Waals surface area contributed by atoms with E-state index in [-0.39, 0.29) is 31.2 Å². The van der Waals surface area contributed by atoms with Gasteiger partial charge in [0.25, 0.3) is 5.91 Å². The van der Waals surface area contributed by atoms with Gasteiger partial charge in [0, 0.05) is 37.0 Å². The molecular weight excluding hydrogens is 505 g/mol. The molecule has 2 atom stereocenters. The molecule has 39 heavy (non-hydrogen) atoms. The van der Waals surface area contributed by atoms with E-state index in [4.69, 9.17) is 4.42 Å². The lowest BCUT2D eigenvalue weighted by atomic mass is 9.82. The zero-order valence-electron chi connectivity index (χ0n) is 22.6. The van der Waals surface area contributed by atoms with E-state index in [1.165, 1.54) is 24.3 Å². The quantitative estimate of drug-likeness (QED) is 0.317. The zero-order valence-corrected chi connectivity index (χ0v) is 22.6. The van der Waals surface area contributed by atoms with Crippen LogP contribution in [0, 0.1) is 11.2 Å². The number of carbonyl (C=O) groups is 3. The average Bonchev–Trinajstić information content (AvgIpc) is 3.37. The maximum atomic E-state index is 13.4. The van der Waals surface area contributed by atoms with Crippen LogP contribution in [0.5, 0.6) is 0 Å². The summed E-state index contributed by atoms with van der Waals surface area (Å²) in [7, 11) is 0. The van der Waals surface area contributed by atoms with Crippen LogP contribution in [0.2, 0.25) is 0 Å². The molecule has 0 radical (unpaired) electrons. The Morgan fingerprint density at radius 3 is 2.33 bits per heavy atom. The van der Waals surface area contributed by atoms with Gasteiger partial charge >= 0.3 is 6.09 Å². The number of unbranched alkanes of at least 4 members (excludes halogenated alkanes) is 1. The number of aromatic nitrogens is 3. The molecule has 2 N–H and O–H groups in total. The minimum atomic E-state index is -1.33. The number of nitrogens with one attached hydrogen (secondary N) is 1. The van der Waals surface area contributed by atoms with E-state index in [0.29, 0.717) is 18.4 Å². The van der Waals surface area contributed by atoms with Crippen molar-refractivity contribution < 1.29 is 28.3 Å². The predicted octanol–water partition coefficient (Wildman–Crippen LogP) is 4.65. The Hall–Kier alpha value is -4.15. The van der Waals surface area contributed by atoms with Crippen molar-refractivity contribution >= 4 is 17.8 Å². The molecule has 0 saturated carbocycles. The zero-order chi connectivity index (χ0) is 28.6. The van der Waals surface area contributed by atoms with Crippen LogP contribution >= 0.6 is 0 Å². The molecule has 1 aromatic carbocycles. The second-order valence-corrected chi connectivity index (χ2v) is 10.3. The highest BCUT2D eigenvalue weighted by atomic mass is 19.1. The van der Waals surface area contributed by atoms with Crippen LogP contribution in [0.1, 0.15) is 58.4 Å². The van der Waals surface area contributed by atoms with Crippen molar-refractivity contribution in [2.24, 2.45) is 5.41 Å². The third-order valence-corrected chi connectivity index (χ3v) is 6.38. The van der Waals surface area contributed by atoms with Crippen LogP contribution in [0.4, 0.5) is 9.18 Å². The molecule has 2 aromatic heterocycles. The molecule has 0 spiro atoms. The normalized spacial score (nSPS) is 12.9. The van der Waals surface area contributed by atoms with Gasteiger partial charge < -0.3 is 14.8 Å². The molecule has 0 unspecified atom stereocenters. The first kappa shape index (κ1) is 29.4. The van der Waals surface area contributed by atoms with Crippen molar-refractivity contribution in [3.05, 3.63) is 66.1 Å². The summed E-state index contributed by atoms with van der Waals surface area (Å²) in [4.78, 5) is 44.0. The second kappa shape index (κ2) is 13.1. The molecule has 2 heterocycles. The molecule has 0 aliphatic carbocycles.